The molecule has 0 bridgehead atoms. The Morgan fingerprint density at radius 3 is 2.46 bits per heavy atom. The zero-order valence-electron chi connectivity index (χ0n) is 15.8. The maximum absolute atomic E-state index is 13.1. The highest BCUT2D eigenvalue weighted by atomic mass is 16.2. The lowest BCUT2D eigenvalue weighted by Crippen LogP contribution is -2.53. The Kier molecular flexibility index (Phi) is 5.50. The Hall–Kier alpha value is -2.96. The second-order valence-corrected chi connectivity index (χ2v) is 7.35. The van der Waals surface area contributed by atoms with E-state index in [9.17, 15) is 9.59 Å². The molecular formula is C21H25N5O2. The van der Waals surface area contributed by atoms with Gasteiger partial charge in [0.1, 0.15) is 5.82 Å². The summed E-state index contributed by atoms with van der Waals surface area (Å²) >= 11 is 0. The zero-order valence-corrected chi connectivity index (χ0v) is 15.8. The van der Waals surface area contributed by atoms with E-state index in [2.05, 4.69) is 20.2 Å². The van der Waals surface area contributed by atoms with Crippen molar-refractivity contribution in [2.45, 2.75) is 25.3 Å². The van der Waals surface area contributed by atoms with Gasteiger partial charge in [0.2, 0.25) is 5.91 Å². The van der Waals surface area contributed by atoms with Crippen LogP contribution in [0.2, 0.25) is 0 Å². The average molecular weight is 379 g/mol. The van der Waals surface area contributed by atoms with Crippen molar-refractivity contribution >= 4 is 17.6 Å². The van der Waals surface area contributed by atoms with Gasteiger partial charge in [-0.3, -0.25) is 14.6 Å². The lowest BCUT2D eigenvalue weighted by molar-refractivity contribution is -0.136. The van der Waals surface area contributed by atoms with Crippen molar-refractivity contribution in [1.29, 1.82) is 0 Å². The molecule has 1 saturated heterocycles. The molecule has 2 fully saturated rings. The third-order valence-electron chi connectivity index (χ3n) is 5.66. The van der Waals surface area contributed by atoms with Crippen LogP contribution in [0.15, 0.2) is 48.9 Å². The second kappa shape index (κ2) is 8.37. The van der Waals surface area contributed by atoms with Crippen molar-refractivity contribution in [2.75, 3.05) is 31.1 Å². The standard InChI is InChI=1S/C21H25N5O2/c27-20(16-7-10-22-11-8-16)24-18-5-3-4-17(18)21(28)26-14-12-25(13-15-26)19-6-1-2-9-23-19/h1-2,6-11,17-18H,3-5,12-15H2,(H,24,27)/t17-,18+/m0/s1. The first-order chi connectivity index (χ1) is 13.7. The normalized spacial score (nSPS) is 22.1. The van der Waals surface area contributed by atoms with Crippen molar-refractivity contribution in [1.82, 2.24) is 20.2 Å². The summed E-state index contributed by atoms with van der Waals surface area (Å²) in [4.78, 5) is 38.1. The number of hydrogen-bond acceptors (Lipinski definition) is 5. The molecule has 0 aromatic carbocycles. The fraction of sp³-hybridized carbons (Fsp3) is 0.429. The van der Waals surface area contributed by atoms with Gasteiger partial charge >= 0.3 is 0 Å². The number of anilines is 1. The van der Waals surface area contributed by atoms with Gasteiger partial charge < -0.3 is 15.1 Å². The summed E-state index contributed by atoms with van der Waals surface area (Å²) in [6, 6.07) is 9.18. The number of nitrogens with one attached hydrogen (secondary N) is 1. The van der Waals surface area contributed by atoms with Crippen molar-refractivity contribution < 1.29 is 9.59 Å². The summed E-state index contributed by atoms with van der Waals surface area (Å²) in [7, 11) is 0. The Morgan fingerprint density at radius 2 is 1.75 bits per heavy atom. The first-order valence-electron chi connectivity index (χ1n) is 9.88. The number of pyridine rings is 2. The molecule has 2 amide bonds. The molecule has 1 saturated carbocycles. The van der Waals surface area contributed by atoms with Gasteiger partial charge in [0.25, 0.3) is 5.91 Å². The Morgan fingerprint density at radius 1 is 0.964 bits per heavy atom. The molecular weight excluding hydrogens is 354 g/mol. The lowest BCUT2D eigenvalue weighted by atomic mass is 10.0. The molecule has 2 atom stereocenters. The third-order valence-corrected chi connectivity index (χ3v) is 5.66. The maximum atomic E-state index is 13.1. The summed E-state index contributed by atoms with van der Waals surface area (Å²) in [6.07, 6.45) is 7.65. The number of carbonyl (C=O) groups is 2. The number of hydrogen-bond donors (Lipinski definition) is 1. The molecule has 2 aromatic heterocycles. The van der Waals surface area contributed by atoms with Gasteiger partial charge in [-0.15, -0.1) is 0 Å². The van der Waals surface area contributed by atoms with Gasteiger partial charge in [-0.2, -0.15) is 0 Å². The number of nitrogens with zero attached hydrogens (tertiary/aromatic N) is 4. The summed E-state index contributed by atoms with van der Waals surface area (Å²) < 4.78 is 0. The molecule has 7 nitrogen and oxygen atoms in total. The molecule has 1 N–H and O–H groups in total. The monoisotopic (exact) mass is 379 g/mol. The molecule has 2 aliphatic rings. The molecule has 7 heteroatoms. The van der Waals surface area contributed by atoms with Crippen molar-refractivity contribution in [3.05, 3.63) is 54.5 Å². The van der Waals surface area contributed by atoms with Gasteiger partial charge in [0, 0.05) is 56.4 Å². The largest absolute Gasteiger partial charge is 0.353 e. The zero-order chi connectivity index (χ0) is 19.3. The van der Waals surface area contributed by atoms with Crippen LogP contribution in [-0.4, -0.2) is 58.9 Å². The van der Waals surface area contributed by atoms with Gasteiger partial charge in [-0.25, -0.2) is 4.98 Å². The highest BCUT2D eigenvalue weighted by Crippen LogP contribution is 2.28. The molecule has 0 spiro atoms. The van der Waals surface area contributed by atoms with Crippen LogP contribution in [0.1, 0.15) is 29.6 Å². The van der Waals surface area contributed by atoms with Crippen LogP contribution in [-0.2, 0) is 4.79 Å². The number of carbonyl (C=O) groups excluding carboxylic acids is 2. The van der Waals surface area contributed by atoms with Gasteiger partial charge in [0.15, 0.2) is 0 Å². The van der Waals surface area contributed by atoms with Gasteiger partial charge in [-0.1, -0.05) is 12.5 Å². The first-order valence-corrected chi connectivity index (χ1v) is 9.88. The SMILES string of the molecule is O=C(N[C@@H]1CCC[C@@H]1C(=O)N1CCN(c2ccccn2)CC1)c1ccncc1. The quantitative estimate of drug-likeness (QED) is 0.875. The van der Waals surface area contributed by atoms with Gasteiger partial charge in [-0.05, 0) is 37.1 Å². The summed E-state index contributed by atoms with van der Waals surface area (Å²) in [6.45, 7) is 2.95. The van der Waals surface area contributed by atoms with E-state index in [1.165, 1.54) is 0 Å². The second-order valence-electron chi connectivity index (χ2n) is 7.35. The van der Waals surface area contributed by atoms with Crippen molar-refractivity contribution in [3.63, 3.8) is 0 Å². The molecule has 1 aliphatic carbocycles. The number of piperazine rings is 1. The van der Waals surface area contributed by atoms with E-state index in [0.29, 0.717) is 18.7 Å². The molecule has 4 rings (SSSR count). The van der Waals surface area contributed by atoms with Crippen LogP contribution < -0.4 is 10.2 Å². The number of aromatic nitrogens is 2. The minimum Gasteiger partial charge on any atom is -0.353 e. The van der Waals surface area contributed by atoms with Gasteiger partial charge in [0.05, 0.1) is 5.92 Å². The highest BCUT2D eigenvalue weighted by molar-refractivity contribution is 5.94. The smallest absolute Gasteiger partial charge is 0.251 e. The van der Waals surface area contributed by atoms with E-state index in [4.69, 9.17) is 0 Å². The summed E-state index contributed by atoms with van der Waals surface area (Å²) in [5, 5.41) is 3.07. The average Bonchev–Trinajstić information content (AvgIpc) is 3.22. The topological polar surface area (TPSA) is 78.4 Å². The van der Waals surface area contributed by atoms with E-state index in [1.807, 2.05) is 23.1 Å². The lowest BCUT2D eigenvalue weighted by Gasteiger charge is -2.37. The Bertz CT molecular complexity index is 806. The number of rotatable bonds is 4. The highest BCUT2D eigenvalue weighted by Gasteiger charge is 2.37. The summed E-state index contributed by atoms with van der Waals surface area (Å²) in [5.74, 6) is 0.857. The predicted octanol–water partition coefficient (Wildman–Crippen LogP) is 1.72. The molecule has 0 unspecified atom stereocenters. The van der Waals surface area contributed by atoms with Crippen LogP contribution >= 0.6 is 0 Å². The third kappa shape index (κ3) is 3.98. The Balaban J connectivity index is 1.34. The van der Waals surface area contributed by atoms with Crippen LogP contribution in [0, 0.1) is 5.92 Å². The van der Waals surface area contributed by atoms with Crippen LogP contribution in [0.4, 0.5) is 5.82 Å². The molecule has 3 heterocycles. The predicted molar refractivity (Wildman–Crippen MR) is 106 cm³/mol. The van der Waals surface area contributed by atoms with E-state index in [0.717, 1.165) is 38.2 Å². The van der Waals surface area contributed by atoms with Crippen LogP contribution in [0.3, 0.4) is 0 Å². The van der Waals surface area contributed by atoms with Crippen LogP contribution in [0.25, 0.3) is 0 Å². The first kappa shape index (κ1) is 18.4. The number of amides is 2. The van der Waals surface area contributed by atoms with Crippen molar-refractivity contribution in [3.8, 4) is 0 Å². The molecule has 1 aliphatic heterocycles. The van der Waals surface area contributed by atoms with Crippen molar-refractivity contribution in [2.24, 2.45) is 5.92 Å². The van der Waals surface area contributed by atoms with Crippen LogP contribution in [0.5, 0.6) is 0 Å². The molecule has 2 aromatic rings. The Labute approximate surface area is 164 Å². The molecule has 146 valence electrons. The van der Waals surface area contributed by atoms with E-state index >= 15 is 0 Å². The minimum atomic E-state index is -0.132. The summed E-state index contributed by atoms with van der Waals surface area (Å²) in [5.41, 5.74) is 0.581. The fourth-order valence-corrected chi connectivity index (χ4v) is 4.11. The van der Waals surface area contributed by atoms with E-state index in [-0.39, 0.29) is 23.8 Å². The van der Waals surface area contributed by atoms with E-state index in [1.54, 1.807) is 30.7 Å². The molecule has 0 radical (unpaired) electrons. The maximum Gasteiger partial charge on any atom is 0.251 e. The van der Waals surface area contributed by atoms with E-state index < -0.39 is 0 Å². The molecule has 28 heavy (non-hydrogen) atoms. The fourth-order valence-electron chi connectivity index (χ4n) is 4.11. The minimum absolute atomic E-state index is 0.0954.